The van der Waals surface area contributed by atoms with Crippen LogP contribution < -0.4 is 16.0 Å². The fourth-order valence-electron chi connectivity index (χ4n) is 2.07. The Balaban J connectivity index is 1.63. The standard InChI is InChI=1S/C17H24N4OS2/c1-2-18-17(21-11-8-14-6-3-12-23-14)20-10-5-9-19-16(22)15-7-4-13-24-15/h3-4,6-7,12-13H,2,5,8-11H2,1H3,(H,19,22)(H2,18,20,21). The number of hydrogen-bond donors (Lipinski definition) is 3. The van der Waals surface area contributed by atoms with Gasteiger partial charge >= 0.3 is 0 Å². The summed E-state index contributed by atoms with van der Waals surface area (Å²) in [6.45, 7) is 5.06. The normalized spacial score (nSPS) is 11.3. The molecule has 2 heterocycles. The van der Waals surface area contributed by atoms with Crippen molar-refractivity contribution in [2.45, 2.75) is 19.8 Å². The molecule has 2 rings (SSSR count). The van der Waals surface area contributed by atoms with Gasteiger partial charge in [0.25, 0.3) is 5.91 Å². The van der Waals surface area contributed by atoms with Gasteiger partial charge in [-0.2, -0.15) is 0 Å². The van der Waals surface area contributed by atoms with E-state index < -0.39 is 0 Å². The number of nitrogens with zero attached hydrogens (tertiary/aromatic N) is 1. The summed E-state index contributed by atoms with van der Waals surface area (Å²) in [4.78, 5) is 18.5. The number of thiophene rings is 2. The highest BCUT2D eigenvalue weighted by Crippen LogP contribution is 2.08. The van der Waals surface area contributed by atoms with E-state index in [9.17, 15) is 4.79 Å². The molecule has 0 atom stereocenters. The SMILES string of the molecule is CCNC(=NCCCNC(=O)c1cccs1)NCCc1cccs1. The molecule has 7 heteroatoms. The number of nitrogens with one attached hydrogen (secondary N) is 3. The Labute approximate surface area is 151 Å². The molecule has 0 aromatic carbocycles. The third-order valence-electron chi connectivity index (χ3n) is 3.22. The van der Waals surface area contributed by atoms with Crippen LogP contribution in [0.2, 0.25) is 0 Å². The van der Waals surface area contributed by atoms with Crippen molar-refractivity contribution < 1.29 is 4.79 Å². The molecule has 0 unspecified atom stereocenters. The monoisotopic (exact) mass is 364 g/mol. The van der Waals surface area contributed by atoms with Crippen LogP contribution in [0.4, 0.5) is 0 Å². The van der Waals surface area contributed by atoms with E-state index in [1.165, 1.54) is 16.2 Å². The lowest BCUT2D eigenvalue weighted by atomic mass is 10.3. The molecule has 0 spiro atoms. The predicted molar refractivity (Wildman–Crippen MR) is 103 cm³/mol. The van der Waals surface area contributed by atoms with E-state index in [1.54, 1.807) is 11.3 Å². The van der Waals surface area contributed by atoms with Crippen LogP contribution in [0.3, 0.4) is 0 Å². The Bertz CT molecular complexity index is 609. The maximum absolute atomic E-state index is 11.8. The number of hydrogen-bond acceptors (Lipinski definition) is 4. The molecule has 0 aliphatic rings. The minimum Gasteiger partial charge on any atom is -0.357 e. The van der Waals surface area contributed by atoms with Crippen LogP contribution in [-0.2, 0) is 6.42 Å². The molecule has 1 amide bonds. The molecule has 2 aromatic heterocycles. The van der Waals surface area contributed by atoms with Gasteiger partial charge in [0.1, 0.15) is 0 Å². The van der Waals surface area contributed by atoms with Crippen LogP contribution >= 0.6 is 22.7 Å². The zero-order valence-corrected chi connectivity index (χ0v) is 15.5. The number of aliphatic imine (C=N–C) groups is 1. The van der Waals surface area contributed by atoms with E-state index >= 15 is 0 Å². The molecular formula is C17H24N4OS2. The Morgan fingerprint density at radius 3 is 2.62 bits per heavy atom. The summed E-state index contributed by atoms with van der Waals surface area (Å²) in [5.41, 5.74) is 0. The van der Waals surface area contributed by atoms with Crippen molar-refractivity contribution in [2.24, 2.45) is 4.99 Å². The fourth-order valence-corrected chi connectivity index (χ4v) is 3.42. The third kappa shape index (κ3) is 6.72. The average Bonchev–Trinajstić information content (AvgIpc) is 3.28. The smallest absolute Gasteiger partial charge is 0.261 e. The van der Waals surface area contributed by atoms with Gasteiger partial charge in [-0.25, -0.2) is 0 Å². The van der Waals surface area contributed by atoms with Crippen LogP contribution in [0.5, 0.6) is 0 Å². The lowest BCUT2D eigenvalue weighted by Gasteiger charge is -2.10. The second-order valence-corrected chi connectivity index (χ2v) is 7.08. The van der Waals surface area contributed by atoms with Gasteiger partial charge in [0.2, 0.25) is 0 Å². The first-order chi connectivity index (χ1) is 11.8. The Morgan fingerprint density at radius 2 is 1.92 bits per heavy atom. The molecule has 0 aliphatic carbocycles. The molecule has 0 saturated heterocycles. The molecule has 5 nitrogen and oxygen atoms in total. The lowest BCUT2D eigenvalue weighted by molar-refractivity contribution is 0.0957. The molecule has 0 saturated carbocycles. The highest BCUT2D eigenvalue weighted by molar-refractivity contribution is 7.12. The summed E-state index contributed by atoms with van der Waals surface area (Å²) in [5.74, 6) is 0.827. The number of carbonyl (C=O) groups is 1. The van der Waals surface area contributed by atoms with Crippen LogP contribution in [0, 0.1) is 0 Å². The molecular weight excluding hydrogens is 340 g/mol. The first-order valence-electron chi connectivity index (χ1n) is 8.16. The van der Waals surface area contributed by atoms with Gasteiger partial charge < -0.3 is 16.0 Å². The largest absolute Gasteiger partial charge is 0.357 e. The van der Waals surface area contributed by atoms with E-state index in [0.717, 1.165) is 36.8 Å². The summed E-state index contributed by atoms with van der Waals surface area (Å²) in [6, 6.07) is 7.93. The summed E-state index contributed by atoms with van der Waals surface area (Å²) in [5, 5.41) is 13.5. The average molecular weight is 365 g/mol. The zero-order valence-electron chi connectivity index (χ0n) is 13.9. The Morgan fingerprint density at radius 1 is 1.08 bits per heavy atom. The number of rotatable bonds is 9. The Kier molecular flexibility index (Phi) is 8.34. The summed E-state index contributed by atoms with van der Waals surface area (Å²) >= 11 is 3.23. The molecule has 130 valence electrons. The quantitative estimate of drug-likeness (QED) is 0.364. The summed E-state index contributed by atoms with van der Waals surface area (Å²) in [6.07, 6.45) is 1.82. The van der Waals surface area contributed by atoms with Gasteiger partial charge in [0, 0.05) is 31.1 Å². The maximum atomic E-state index is 11.8. The highest BCUT2D eigenvalue weighted by Gasteiger charge is 2.04. The van der Waals surface area contributed by atoms with Crippen LogP contribution in [0.25, 0.3) is 0 Å². The van der Waals surface area contributed by atoms with Gasteiger partial charge in [0.15, 0.2) is 5.96 Å². The molecule has 0 aliphatic heterocycles. The second kappa shape index (κ2) is 10.8. The topological polar surface area (TPSA) is 65.5 Å². The van der Waals surface area contributed by atoms with E-state index in [0.29, 0.717) is 13.1 Å². The van der Waals surface area contributed by atoms with Gasteiger partial charge in [-0.15, -0.1) is 22.7 Å². The maximum Gasteiger partial charge on any atom is 0.261 e. The van der Waals surface area contributed by atoms with Crippen molar-refractivity contribution in [1.29, 1.82) is 0 Å². The molecule has 24 heavy (non-hydrogen) atoms. The molecule has 0 radical (unpaired) electrons. The Hall–Kier alpha value is -1.86. The van der Waals surface area contributed by atoms with Gasteiger partial charge in [0.05, 0.1) is 4.88 Å². The van der Waals surface area contributed by atoms with Crippen LogP contribution in [0.15, 0.2) is 40.0 Å². The molecule has 3 N–H and O–H groups in total. The first kappa shape index (κ1) is 18.5. The molecule has 0 fully saturated rings. The fraction of sp³-hybridized carbons (Fsp3) is 0.412. The summed E-state index contributed by atoms with van der Waals surface area (Å²) in [7, 11) is 0. The van der Waals surface area contributed by atoms with E-state index in [4.69, 9.17) is 0 Å². The summed E-state index contributed by atoms with van der Waals surface area (Å²) < 4.78 is 0. The number of carbonyl (C=O) groups excluding carboxylic acids is 1. The van der Waals surface area contributed by atoms with Crippen molar-refractivity contribution in [2.75, 3.05) is 26.2 Å². The molecule has 0 bridgehead atoms. The van der Waals surface area contributed by atoms with Crippen LogP contribution in [0.1, 0.15) is 27.9 Å². The minimum absolute atomic E-state index is 0.00467. The van der Waals surface area contributed by atoms with E-state index in [2.05, 4.69) is 45.4 Å². The van der Waals surface area contributed by atoms with Crippen LogP contribution in [-0.4, -0.2) is 38.0 Å². The van der Waals surface area contributed by atoms with Gasteiger partial charge in [-0.1, -0.05) is 12.1 Å². The second-order valence-electron chi connectivity index (χ2n) is 5.10. The van der Waals surface area contributed by atoms with Gasteiger partial charge in [-0.05, 0) is 42.7 Å². The van der Waals surface area contributed by atoms with Crippen molar-refractivity contribution in [3.8, 4) is 0 Å². The lowest BCUT2D eigenvalue weighted by Crippen LogP contribution is -2.38. The van der Waals surface area contributed by atoms with E-state index in [1.807, 2.05) is 17.5 Å². The van der Waals surface area contributed by atoms with Crippen molar-refractivity contribution >= 4 is 34.5 Å². The predicted octanol–water partition coefficient (Wildman–Crippen LogP) is 2.73. The van der Waals surface area contributed by atoms with E-state index in [-0.39, 0.29) is 5.91 Å². The van der Waals surface area contributed by atoms with Crippen molar-refractivity contribution in [1.82, 2.24) is 16.0 Å². The first-order valence-corrected chi connectivity index (χ1v) is 9.91. The minimum atomic E-state index is -0.00467. The van der Waals surface area contributed by atoms with Crippen molar-refractivity contribution in [3.05, 3.63) is 44.8 Å². The zero-order chi connectivity index (χ0) is 17.0. The third-order valence-corrected chi connectivity index (χ3v) is 5.03. The number of amides is 1. The van der Waals surface area contributed by atoms with Crippen molar-refractivity contribution in [3.63, 3.8) is 0 Å². The highest BCUT2D eigenvalue weighted by atomic mass is 32.1. The number of guanidine groups is 1. The molecule has 2 aromatic rings. The van der Waals surface area contributed by atoms with Gasteiger partial charge in [-0.3, -0.25) is 9.79 Å².